The monoisotopic (exact) mass is 469 g/mol. The van der Waals surface area contributed by atoms with Gasteiger partial charge in [0.1, 0.15) is 6.29 Å². The fourth-order valence-electron chi connectivity index (χ4n) is 4.31. The largest absolute Gasteiger partial charge is 0.381 e. The molecule has 0 amide bonds. The van der Waals surface area contributed by atoms with Crippen LogP contribution in [0, 0.1) is 11.8 Å². The third-order valence-corrected chi connectivity index (χ3v) is 6.76. The molecule has 2 heterocycles. The van der Waals surface area contributed by atoms with Gasteiger partial charge in [-0.15, -0.1) is 0 Å². The Labute approximate surface area is 207 Å². The second kappa shape index (κ2) is 22.0. The van der Waals surface area contributed by atoms with E-state index in [1.165, 1.54) is 77.9 Å². The molecule has 0 unspecified atom stereocenters. The van der Waals surface area contributed by atoms with Gasteiger partial charge >= 0.3 is 0 Å². The first-order valence-electron chi connectivity index (χ1n) is 14.1. The first-order chi connectivity index (χ1) is 15.9. The van der Waals surface area contributed by atoms with Gasteiger partial charge in [-0.05, 0) is 84.5 Å². The van der Waals surface area contributed by atoms with Crippen LogP contribution in [-0.4, -0.2) is 93.1 Å². The average Bonchev–Trinajstić information content (AvgIpc) is 2.82. The Balaban J connectivity index is 0.000000673. The number of piperazine rings is 1. The van der Waals surface area contributed by atoms with Gasteiger partial charge in [-0.2, -0.15) is 0 Å². The molecular weight excluding hydrogens is 410 g/mol. The summed E-state index contributed by atoms with van der Waals surface area (Å²) in [6.07, 6.45) is 10.7. The lowest BCUT2D eigenvalue weighted by molar-refractivity contribution is -0.108. The summed E-state index contributed by atoms with van der Waals surface area (Å²) in [5.41, 5.74) is 0. The number of unbranched alkanes of at least 4 members (excludes halogenated alkanes) is 2. The Morgan fingerprint density at radius 1 is 0.879 bits per heavy atom. The fourth-order valence-corrected chi connectivity index (χ4v) is 4.31. The van der Waals surface area contributed by atoms with E-state index in [4.69, 9.17) is 4.74 Å². The number of hydrogen-bond donors (Lipinski definition) is 0. The summed E-state index contributed by atoms with van der Waals surface area (Å²) < 4.78 is 5.29. The molecule has 0 N–H and O–H groups in total. The van der Waals surface area contributed by atoms with Crippen LogP contribution in [0.3, 0.4) is 0 Å². The van der Waals surface area contributed by atoms with Crippen molar-refractivity contribution < 1.29 is 9.53 Å². The van der Waals surface area contributed by atoms with Crippen LogP contribution in [-0.2, 0) is 9.53 Å². The SMILES string of the molecule is CC.CC(C)CCOCCCC=O.CC(C)N1CCN(CCCCC2CCN(C)CC2)CC1. The first kappa shape index (κ1) is 32.5. The van der Waals surface area contributed by atoms with E-state index >= 15 is 0 Å². The highest BCUT2D eigenvalue weighted by molar-refractivity contribution is 5.48. The van der Waals surface area contributed by atoms with Gasteiger partial charge < -0.3 is 19.3 Å². The Morgan fingerprint density at radius 3 is 2.06 bits per heavy atom. The number of likely N-dealkylation sites (tertiary alicyclic amines) is 1. The van der Waals surface area contributed by atoms with Crippen molar-refractivity contribution >= 4 is 6.29 Å². The second-order valence-corrected chi connectivity index (χ2v) is 10.3. The summed E-state index contributed by atoms with van der Waals surface area (Å²) in [6, 6.07) is 0.724. The lowest BCUT2D eigenvalue weighted by atomic mass is 9.92. The molecular formula is C28H59N3O2. The van der Waals surface area contributed by atoms with E-state index in [1.807, 2.05) is 13.8 Å². The van der Waals surface area contributed by atoms with Crippen molar-refractivity contribution in [3.05, 3.63) is 0 Å². The van der Waals surface area contributed by atoms with Gasteiger partial charge in [0.15, 0.2) is 0 Å². The second-order valence-electron chi connectivity index (χ2n) is 10.3. The standard InChI is InChI=1S/C17H35N3.C9H18O2.C2H6/c1-16(2)20-14-12-19(13-15-20)9-5-4-6-17-7-10-18(3)11-8-17;1-9(2)5-8-11-7-4-3-6-10;1-2/h16-17H,4-15H2,1-3H3;6,9H,3-5,7-8H2,1-2H3;1-2H3. The van der Waals surface area contributed by atoms with Gasteiger partial charge in [0, 0.05) is 51.9 Å². The third kappa shape index (κ3) is 18.5. The van der Waals surface area contributed by atoms with Crippen molar-refractivity contribution in [2.75, 3.05) is 66.1 Å². The highest BCUT2D eigenvalue weighted by atomic mass is 16.5. The molecule has 0 aliphatic carbocycles. The molecule has 198 valence electrons. The van der Waals surface area contributed by atoms with Crippen LogP contribution in [0.1, 0.15) is 92.9 Å². The lowest BCUT2D eigenvalue weighted by Crippen LogP contribution is -2.48. The van der Waals surface area contributed by atoms with Crippen molar-refractivity contribution in [2.45, 2.75) is 99.0 Å². The zero-order valence-corrected chi connectivity index (χ0v) is 23.5. The van der Waals surface area contributed by atoms with Gasteiger partial charge in [-0.1, -0.05) is 40.5 Å². The molecule has 2 fully saturated rings. The number of ether oxygens (including phenoxy) is 1. The number of nitrogens with zero attached hydrogens (tertiary/aromatic N) is 3. The number of aldehydes is 1. The smallest absolute Gasteiger partial charge is 0.120 e. The third-order valence-electron chi connectivity index (χ3n) is 6.76. The summed E-state index contributed by atoms with van der Waals surface area (Å²) >= 11 is 0. The molecule has 2 rings (SSSR count). The van der Waals surface area contributed by atoms with Crippen LogP contribution >= 0.6 is 0 Å². The normalized spacial score (nSPS) is 18.6. The van der Waals surface area contributed by atoms with Crippen molar-refractivity contribution in [3.63, 3.8) is 0 Å². The number of carbonyl (C=O) groups excluding carboxylic acids is 1. The summed E-state index contributed by atoms with van der Waals surface area (Å²) in [5, 5.41) is 0. The summed E-state index contributed by atoms with van der Waals surface area (Å²) in [5.74, 6) is 1.73. The van der Waals surface area contributed by atoms with Crippen LogP contribution in [0.5, 0.6) is 0 Å². The van der Waals surface area contributed by atoms with Gasteiger partial charge in [-0.3, -0.25) is 4.90 Å². The van der Waals surface area contributed by atoms with Crippen molar-refractivity contribution in [1.29, 1.82) is 0 Å². The van der Waals surface area contributed by atoms with Crippen LogP contribution < -0.4 is 0 Å². The molecule has 2 aliphatic heterocycles. The van der Waals surface area contributed by atoms with E-state index < -0.39 is 0 Å². The van der Waals surface area contributed by atoms with E-state index in [-0.39, 0.29) is 0 Å². The first-order valence-corrected chi connectivity index (χ1v) is 14.1. The van der Waals surface area contributed by atoms with Crippen LogP contribution in [0.25, 0.3) is 0 Å². The van der Waals surface area contributed by atoms with E-state index in [0.717, 1.165) is 44.3 Å². The zero-order chi connectivity index (χ0) is 24.9. The van der Waals surface area contributed by atoms with Gasteiger partial charge in [0.05, 0.1) is 0 Å². The summed E-state index contributed by atoms with van der Waals surface area (Å²) in [6.45, 7) is 23.6. The fraction of sp³-hybridized carbons (Fsp3) is 0.964. The van der Waals surface area contributed by atoms with Crippen LogP contribution in [0.4, 0.5) is 0 Å². The molecule has 5 nitrogen and oxygen atoms in total. The quantitative estimate of drug-likeness (QED) is 0.260. The van der Waals surface area contributed by atoms with E-state index in [9.17, 15) is 4.79 Å². The maximum Gasteiger partial charge on any atom is 0.120 e. The highest BCUT2D eigenvalue weighted by Gasteiger charge is 2.19. The molecule has 33 heavy (non-hydrogen) atoms. The van der Waals surface area contributed by atoms with E-state index in [1.54, 1.807) is 0 Å². The maximum absolute atomic E-state index is 9.89. The summed E-state index contributed by atoms with van der Waals surface area (Å²) in [4.78, 5) is 17.6. The Morgan fingerprint density at radius 2 is 1.52 bits per heavy atom. The molecule has 0 aromatic rings. The van der Waals surface area contributed by atoms with Crippen LogP contribution in [0.15, 0.2) is 0 Å². The average molecular weight is 470 g/mol. The number of hydrogen-bond acceptors (Lipinski definition) is 5. The molecule has 0 radical (unpaired) electrons. The number of piperidine rings is 1. The molecule has 2 saturated heterocycles. The van der Waals surface area contributed by atoms with E-state index in [0.29, 0.717) is 12.3 Å². The molecule has 0 saturated carbocycles. The highest BCUT2D eigenvalue weighted by Crippen LogP contribution is 2.21. The molecule has 0 spiro atoms. The Kier molecular flexibility index (Phi) is 21.7. The lowest BCUT2D eigenvalue weighted by Gasteiger charge is -2.37. The molecule has 0 aromatic heterocycles. The molecule has 5 heteroatoms. The number of carbonyl (C=O) groups is 1. The van der Waals surface area contributed by atoms with Gasteiger partial charge in [0.2, 0.25) is 0 Å². The zero-order valence-electron chi connectivity index (χ0n) is 23.5. The van der Waals surface area contributed by atoms with Crippen molar-refractivity contribution in [3.8, 4) is 0 Å². The summed E-state index contributed by atoms with van der Waals surface area (Å²) in [7, 11) is 2.26. The van der Waals surface area contributed by atoms with Gasteiger partial charge in [0.25, 0.3) is 0 Å². The molecule has 0 atom stereocenters. The minimum atomic E-state index is 0.627. The van der Waals surface area contributed by atoms with Crippen molar-refractivity contribution in [1.82, 2.24) is 14.7 Å². The van der Waals surface area contributed by atoms with Gasteiger partial charge in [-0.25, -0.2) is 0 Å². The van der Waals surface area contributed by atoms with Crippen molar-refractivity contribution in [2.24, 2.45) is 11.8 Å². The number of rotatable bonds is 13. The maximum atomic E-state index is 9.89. The predicted molar refractivity (Wildman–Crippen MR) is 144 cm³/mol. The predicted octanol–water partition coefficient (Wildman–Crippen LogP) is 5.58. The van der Waals surface area contributed by atoms with Crippen LogP contribution in [0.2, 0.25) is 0 Å². The Hall–Kier alpha value is -0.490. The topological polar surface area (TPSA) is 36.0 Å². The molecule has 0 aromatic carbocycles. The molecule has 2 aliphatic rings. The minimum Gasteiger partial charge on any atom is -0.381 e. The van der Waals surface area contributed by atoms with E-state index in [2.05, 4.69) is 49.4 Å². The molecule has 0 bridgehead atoms. The Bertz CT molecular complexity index is 415. The minimum absolute atomic E-state index is 0.627.